The number of nitrogens with two attached hydrogens (primary N) is 1. The molecule has 1 aliphatic carbocycles. The van der Waals surface area contributed by atoms with Crippen molar-refractivity contribution in [3.8, 4) is 0 Å². The van der Waals surface area contributed by atoms with Crippen LogP contribution in [0, 0.1) is 11.8 Å². The Labute approximate surface area is 193 Å². The predicted molar refractivity (Wildman–Crippen MR) is 127 cm³/mol. The maximum Gasteiger partial charge on any atom is 0.306 e. The number of hydrogen-bond donors (Lipinski definition) is 2. The largest absolute Gasteiger partial charge is 0.481 e. The molecule has 1 aromatic rings. The predicted octanol–water partition coefficient (Wildman–Crippen LogP) is 4.20. The standard InChI is InChI=1S/C21H33N3O2.3ClH/c1-23(19-8-4-18(5-9-19)21(25)26)15-17-10-12-24(13-11-17)20-6-2-16(14-22)3-7-20;;;/h2-3,6-7,17-19H,4-5,8-15,22H2,1H3,(H,25,26);3*1H. The van der Waals surface area contributed by atoms with Gasteiger partial charge in [-0.1, -0.05) is 12.1 Å². The molecule has 0 spiro atoms. The first kappa shape index (κ1) is 28.3. The second-order valence-electron chi connectivity index (χ2n) is 8.08. The number of rotatable bonds is 6. The quantitative estimate of drug-likeness (QED) is 0.654. The lowest BCUT2D eigenvalue weighted by molar-refractivity contribution is -0.143. The van der Waals surface area contributed by atoms with Crippen molar-refractivity contribution in [3.63, 3.8) is 0 Å². The van der Waals surface area contributed by atoms with Gasteiger partial charge in [-0.3, -0.25) is 4.79 Å². The van der Waals surface area contributed by atoms with E-state index >= 15 is 0 Å². The van der Waals surface area contributed by atoms with Crippen molar-refractivity contribution in [2.24, 2.45) is 17.6 Å². The van der Waals surface area contributed by atoms with Gasteiger partial charge in [-0.15, -0.1) is 37.2 Å². The summed E-state index contributed by atoms with van der Waals surface area (Å²) in [5.41, 5.74) is 8.17. The Kier molecular flexibility index (Phi) is 13.2. The van der Waals surface area contributed by atoms with E-state index in [1.165, 1.54) is 24.1 Å². The zero-order valence-corrected chi connectivity index (χ0v) is 19.6. The maximum absolute atomic E-state index is 11.1. The van der Waals surface area contributed by atoms with Gasteiger partial charge in [0.2, 0.25) is 0 Å². The van der Waals surface area contributed by atoms with E-state index in [1.54, 1.807) is 0 Å². The molecule has 2 aliphatic rings. The number of hydrogen-bond acceptors (Lipinski definition) is 4. The van der Waals surface area contributed by atoms with Crippen LogP contribution in [0.4, 0.5) is 5.69 Å². The van der Waals surface area contributed by atoms with E-state index in [4.69, 9.17) is 10.8 Å². The smallest absolute Gasteiger partial charge is 0.306 e. The van der Waals surface area contributed by atoms with Crippen LogP contribution in [0.5, 0.6) is 0 Å². The van der Waals surface area contributed by atoms with E-state index in [0.29, 0.717) is 12.6 Å². The summed E-state index contributed by atoms with van der Waals surface area (Å²) in [6.45, 7) is 3.98. The summed E-state index contributed by atoms with van der Waals surface area (Å²) < 4.78 is 0. The van der Waals surface area contributed by atoms with Gasteiger partial charge in [0, 0.05) is 37.9 Å². The van der Waals surface area contributed by atoms with Gasteiger partial charge in [0.15, 0.2) is 0 Å². The first-order valence-corrected chi connectivity index (χ1v) is 10.0. The molecule has 0 aromatic heterocycles. The third kappa shape index (κ3) is 7.80. The Morgan fingerprint density at radius 2 is 1.59 bits per heavy atom. The molecule has 1 saturated heterocycles. The number of halogens is 3. The molecule has 8 heteroatoms. The van der Waals surface area contributed by atoms with Crippen LogP contribution in [0.3, 0.4) is 0 Å². The number of carboxylic acid groups (broad SMARTS) is 1. The highest BCUT2D eigenvalue weighted by Crippen LogP contribution is 2.29. The van der Waals surface area contributed by atoms with Crippen LogP contribution >= 0.6 is 37.2 Å². The molecule has 0 radical (unpaired) electrons. The molecule has 1 aromatic carbocycles. The summed E-state index contributed by atoms with van der Waals surface area (Å²) >= 11 is 0. The minimum Gasteiger partial charge on any atom is -0.481 e. The number of nitrogens with zero attached hydrogens (tertiary/aromatic N) is 2. The first-order chi connectivity index (χ1) is 12.6. The summed E-state index contributed by atoms with van der Waals surface area (Å²) in [5, 5.41) is 9.15. The average molecular weight is 469 g/mol. The molecule has 3 rings (SSSR count). The minimum atomic E-state index is -0.613. The van der Waals surface area contributed by atoms with Gasteiger partial charge >= 0.3 is 5.97 Å². The van der Waals surface area contributed by atoms with Gasteiger partial charge in [-0.2, -0.15) is 0 Å². The number of anilines is 1. The van der Waals surface area contributed by atoms with Gasteiger partial charge in [0.05, 0.1) is 5.92 Å². The van der Waals surface area contributed by atoms with Crippen LogP contribution in [-0.2, 0) is 11.3 Å². The normalized spacial score (nSPS) is 22.2. The molecule has 29 heavy (non-hydrogen) atoms. The van der Waals surface area contributed by atoms with Crippen molar-refractivity contribution >= 4 is 48.9 Å². The second-order valence-corrected chi connectivity index (χ2v) is 8.08. The second kappa shape index (κ2) is 13.6. The van der Waals surface area contributed by atoms with E-state index in [-0.39, 0.29) is 43.1 Å². The molecule has 0 amide bonds. The Bertz CT molecular complexity index is 587. The number of piperidine rings is 1. The van der Waals surface area contributed by atoms with Gasteiger partial charge in [-0.05, 0) is 69.2 Å². The van der Waals surface area contributed by atoms with Gasteiger partial charge in [0.1, 0.15) is 0 Å². The van der Waals surface area contributed by atoms with Crippen molar-refractivity contribution in [1.29, 1.82) is 0 Å². The Morgan fingerprint density at radius 3 is 2.07 bits per heavy atom. The summed E-state index contributed by atoms with van der Waals surface area (Å²) in [5.74, 6) is 0.0169. The zero-order valence-electron chi connectivity index (χ0n) is 17.2. The summed E-state index contributed by atoms with van der Waals surface area (Å²) in [6.07, 6.45) is 6.18. The van der Waals surface area contributed by atoms with E-state index in [1.807, 2.05) is 0 Å². The summed E-state index contributed by atoms with van der Waals surface area (Å²) in [4.78, 5) is 16.1. The minimum absolute atomic E-state index is 0. The monoisotopic (exact) mass is 467 g/mol. The Morgan fingerprint density at radius 1 is 1.03 bits per heavy atom. The van der Waals surface area contributed by atoms with E-state index in [0.717, 1.165) is 51.2 Å². The van der Waals surface area contributed by atoms with Crippen molar-refractivity contribution in [2.75, 3.05) is 31.6 Å². The van der Waals surface area contributed by atoms with E-state index in [2.05, 4.69) is 41.1 Å². The van der Waals surface area contributed by atoms with Crippen molar-refractivity contribution in [1.82, 2.24) is 4.90 Å². The van der Waals surface area contributed by atoms with Crippen LogP contribution in [0.15, 0.2) is 24.3 Å². The average Bonchev–Trinajstić information content (AvgIpc) is 2.68. The molecule has 168 valence electrons. The molecule has 0 atom stereocenters. The summed E-state index contributed by atoms with van der Waals surface area (Å²) in [6, 6.07) is 9.20. The highest BCUT2D eigenvalue weighted by Gasteiger charge is 2.29. The fourth-order valence-electron chi connectivity index (χ4n) is 4.54. The topological polar surface area (TPSA) is 69.8 Å². The van der Waals surface area contributed by atoms with Crippen LogP contribution in [-0.4, -0.2) is 48.7 Å². The molecule has 0 bridgehead atoms. The fraction of sp³-hybridized carbons (Fsp3) is 0.667. The highest BCUT2D eigenvalue weighted by atomic mass is 35.5. The maximum atomic E-state index is 11.1. The van der Waals surface area contributed by atoms with Crippen LogP contribution < -0.4 is 10.6 Å². The molecular formula is C21H36Cl3N3O2. The lowest BCUT2D eigenvalue weighted by Crippen LogP contribution is -2.42. The Balaban J connectivity index is 0.00000261. The number of carboxylic acids is 1. The highest BCUT2D eigenvalue weighted by molar-refractivity contribution is 5.86. The lowest BCUT2D eigenvalue weighted by atomic mass is 9.85. The van der Waals surface area contributed by atoms with Gasteiger partial charge in [-0.25, -0.2) is 0 Å². The number of carbonyl (C=O) groups is 1. The molecule has 5 nitrogen and oxygen atoms in total. The van der Waals surface area contributed by atoms with Crippen molar-refractivity contribution in [2.45, 2.75) is 51.1 Å². The molecule has 1 aliphatic heterocycles. The van der Waals surface area contributed by atoms with Crippen LogP contribution in [0.25, 0.3) is 0 Å². The number of aliphatic carboxylic acids is 1. The van der Waals surface area contributed by atoms with Crippen LogP contribution in [0.2, 0.25) is 0 Å². The van der Waals surface area contributed by atoms with Gasteiger partial charge < -0.3 is 20.6 Å². The molecule has 1 heterocycles. The molecule has 2 fully saturated rings. The Hall–Kier alpha value is -0.720. The third-order valence-corrected chi connectivity index (χ3v) is 6.37. The van der Waals surface area contributed by atoms with E-state index in [9.17, 15) is 4.79 Å². The van der Waals surface area contributed by atoms with Gasteiger partial charge in [0.25, 0.3) is 0 Å². The molecule has 3 N–H and O–H groups in total. The number of benzene rings is 1. The first-order valence-electron chi connectivity index (χ1n) is 10.0. The molecule has 0 unspecified atom stereocenters. The SMILES string of the molecule is CN(CC1CCN(c2ccc(CN)cc2)CC1)C1CCC(C(=O)O)CC1.Cl.Cl.Cl. The van der Waals surface area contributed by atoms with Crippen molar-refractivity contribution < 1.29 is 9.90 Å². The van der Waals surface area contributed by atoms with Crippen LogP contribution in [0.1, 0.15) is 44.1 Å². The fourth-order valence-corrected chi connectivity index (χ4v) is 4.54. The summed E-state index contributed by atoms with van der Waals surface area (Å²) in [7, 11) is 2.23. The molecular weight excluding hydrogens is 433 g/mol. The third-order valence-electron chi connectivity index (χ3n) is 6.37. The van der Waals surface area contributed by atoms with E-state index < -0.39 is 5.97 Å². The zero-order chi connectivity index (χ0) is 18.5. The molecule has 1 saturated carbocycles. The lowest BCUT2D eigenvalue weighted by Gasteiger charge is -2.39. The van der Waals surface area contributed by atoms with Crippen molar-refractivity contribution in [3.05, 3.63) is 29.8 Å².